The van der Waals surface area contributed by atoms with E-state index in [-0.39, 0.29) is 18.2 Å². The summed E-state index contributed by atoms with van der Waals surface area (Å²) in [5.74, 6) is 0.849. The first kappa shape index (κ1) is 19.8. The molecule has 2 aromatic rings. The summed E-state index contributed by atoms with van der Waals surface area (Å²) in [5.41, 5.74) is 1.82. The van der Waals surface area contributed by atoms with Gasteiger partial charge in [-0.1, -0.05) is 18.2 Å². The normalized spacial score (nSPS) is 19.0. The molecule has 0 aliphatic carbocycles. The summed E-state index contributed by atoms with van der Waals surface area (Å²) >= 11 is 0. The van der Waals surface area contributed by atoms with E-state index in [9.17, 15) is 9.59 Å². The number of methoxy groups -OCH3 is 1. The lowest BCUT2D eigenvalue weighted by atomic mass is 10.1. The molecule has 156 valence electrons. The van der Waals surface area contributed by atoms with E-state index >= 15 is 0 Å². The minimum atomic E-state index is -0.728. The van der Waals surface area contributed by atoms with E-state index < -0.39 is 6.04 Å². The molecular formula is C22H25N5O3. The highest BCUT2D eigenvalue weighted by Crippen LogP contribution is 2.21. The van der Waals surface area contributed by atoms with Crippen molar-refractivity contribution >= 4 is 29.1 Å². The topological polar surface area (TPSA) is 86.3 Å². The fourth-order valence-corrected chi connectivity index (χ4v) is 3.61. The average Bonchev–Trinajstić information content (AvgIpc) is 2.79. The molecule has 2 aliphatic heterocycles. The van der Waals surface area contributed by atoms with E-state index in [4.69, 9.17) is 4.74 Å². The Morgan fingerprint density at radius 1 is 1.03 bits per heavy atom. The van der Waals surface area contributed by atoms with Crippen molar-refractivity contribution in [3.8, 4) is 5.75 Å². The molecule has 2 heterocycles. The highest BCUT2D eigenvalue weighted by Gasteiger charge is 2.30. The lowest BCUT2D eigenvalue weighted by Crippen LogP contribution is -2.56. The molecular weight excluding hydrogens is 382 g/mol. The van der Waals surface area contributed by atoms with Crippen molar-refractivity contribution < 1.29 is 14.3 Å². The molecule has 0 spiro atoms. The Bertz CT molecular complexity index is 922. The van der Waals surface area contributed by atoms with Gasteiger partial charge in [0, 0.05) is 37.6 Å². The van der Waals surface area contributed by atoms with Crippen LogP contribution in [0.25, 0.3) is 0 Å². The van der Waals surface area contributed by atoms with Crippen molar-refractivity contribution in [1.29, 1.82) is 0 Å². The van der Waals surface area contributed by atoms with Gasteiger partial charge in [-0.25, -0.2) is 4.99 Å². The van der Waals surface area contributed by atoms with Gasteiger partial charge in [-0.2, -0.15) is 0 Å². The van der Waals surface area contributed by atoms with Gasteiger partial charge in [0.15, 0.2) is 0 Å². The number of ether oxygens (including phenoxy) is 1. The number of rotatable bonds is 4. The molecule has 1 unspecified atom stereocenters. The van der Waals surface area contributed by atoms with Crippen LogP contribution in [0, 0.1) is 0 Å². The van der Waals surface area contributed by atoms with Crippen LogP contribution in [-0.2, 0) is 9.59 Å². The molecule has 8 nitrogen and oxygen atoms in total. The first-order valence-corrected chi connectivity index (χ1v) is 10.00. The monoisotopic (exact) mass is 407 g/mol. The number of amides is 2. The number of nitrogens with zero attached hydrogens (tertiary/aromatic N) is 3. The summed E-state index contributed by atoms with van der Waals surface area (Å²) in [6.45, 7) is 3.00. The van der Waals surface area contributed by atoms with E-state index in [0.717, 1.165) is 24.5 Å². The van der Waals surface area contributed by atoms with Gasteiger partial charge in [0.25, 0.3) is 0 Å². The first-order chi connectivity index (χ1) is 14.6. The van der Waals surface area contributed by atoms with Crippen LogP contribution in [-0.4, -0.2) is 62.0 Å². The highest BCUT2D eigenvalue weighted by atomic mass is 16.5. The molecule has 8 heteroatoms. The Labute approximate surface area is 175 Å². The van der Waals surface area contributed by atoms with Gasteiger partial charge >= 0.3 is 0 Å². The van der Waals surface area contributed by atoms with Crippen LogP contribution in [0.4, 0.5) is 11.4 Å². The van der Waals surface area contributed by atoms with E-state index in [0.29, 0.717) is 24.7 Å². The number of nitrogens with one attached hydrogen (secondary N) is 2. The molecule has 0 aromatic heterocycles. The molecule has 0 radical (unpaired) electrons. The molecule has 2 aromatic carbocycles. The van der Waals surface area contributed by atoms with Gasteiger partial charge in [-0.15, -0.1) is 0 Å². The fraction of sp³-hybridized carbons (Fsp3) is 0.318. The number of aliphatic imine (C=N–C) groups is 1. The maximum atomic E-state index is 12.6. The van der Waals surface area contributed by atoms with Crippen molar-refractivity contribution in [2.75, 3.05) is 43.5 Å². The van der Waals surface area contributed by atoms with Crippen LogP contribution < -0.4 is 20.3 Å². The quantitative estimate of drug-likeness (QED) is 0.806. The van der Waals surface area contributed by atoms with Crippen molar-refractivity contribution in [1.82, 2.24) is 10.2 Å². The third-order valence-corrected chi connectivity index (χ3v) is 5.27. The second kappa shape index (κ2) is 8.86. The number of hydrogen-bond donors (Lipinski definition) is 2. The van der Waals surface area contributed by atoms with E-state index in [1.165, 1.54) is 0 Å². The number of hydrogen-bond acceptors (Lipinski definition) is 6. The highest BCUT2D eigenvalue weighted by molar-refractivity contribution is 6.06. The summed E-state index contributed by atoms with van der Waals surface area (Å²) < 4.78 is 5.21. The lowest BCUT2D eigenvalue weighted by Gasteiger charge is -2.38. The number of carbonyl (C=O) groups is 2. The van der Waals surface area contributed by atoms with E-state index in [1.54, 1.807) is 7.11 Å². The number of para-hydroxylation sites is 1. The number of anilines is 2. The molecule has 1 atom stereocenters. The summed E-state index contributed by atoms with van der Waals surface area (Å²) in [4.78, 5) is 33.6. The van der Waals surface area contributed by atoms with Crippen LogP contribution in [0.3, 0.4) is 0 Å². The predicted molar refractivity (Wildman–Crippen MR) is 116 cm³/mol. The van der Waals surface area contributed by atoms with Crippen LogP contribution in [0.1, 0.15) is 6.42 Å². The molecule has 2 aliphatic rings. The fourth-order valence-electron chi connectivity index (χ4n) is 3.61. The smallest absolute Gasteiger partial charge is 0.249 e. The molecule has 30 heavy (non-hydrogen) atoms. The first-order valence-electron chi connectivity index (χ1n) is 10.00. The Balaban J connectivity index is 1.39. The second-order valence-electron chi connectivity index (χ2n) is 7.25. The van der Waals surface area contributed by atoms with E-state index in [1.807, 2.05) is 59.5 Å². The third kappa shape index (κ3) is 4.53. The van der Waals surface area contributed by atoms with Gasteiger partial charge in [0.05, 0.1) is 13.5 Å². The van der Waals surface area contributed by atoms with Gasteiger partial charge in [-0.05, 0) is 36.4 Å². The Morgan fingerprint density at radius 3 is 2.37 bits per heavy atom. The van der Waals surface area contributed by atoms with Gasteiger partial charge in [0.2, 0.25) is 17.8 Å². The van der Waals surface area contributed by atoms with Crippen molar-refractivity contribution in [2.24, 2.45) is 4.99 Å². The standard InChI is InChI=1S/C22H25N5O3/c1-30-18-9-7-17(8-10-18)26-11-13-27(14-12-26)22-24-19(15-20(28)25-22)21(29)23-16-5-3-2-4-6-16/h2-10,19H,11-15H2,1H3,(H,23,29)(H,24,25,28). The maximum absolute atomic E-state index is 12.6. The SMILES string of the molecule is COc1ccc(N2CCN(C3=NC(C(=O)Nc4ccccc4)CC(=O)N3)CC2)cc1. The van der Waals surface area contributed by atoms with Crippen molar-refractivity contribution in [3.05, 3.63) is 54.6 Å². The van der Waals surface area contributed by atoms with Crippen LogP contribution in [0.5, 0.6) is 5.75 Å². The zero-order valence-electron chi connectivity index (χ0n) is 16.9. The number of benzene rings is 2. The largest absolute Gasteiger partial charge is 0.497 e. The predicted octanol–water partition coefficient (Wildman–Crippen LogP) is 1.70. The zero-order chi connectivity index (χ0) is 20.9. The number of piperazine rings is 1. The van der Waals surface area contributed by atoms with E-state index in [2.05, 4.69) is 20.5 Å². The molecule has 0 saturated carbocycles. The molecule has 4 rings (SSSR count). The Hall–Kier alpha value is -3.55. The van der Waals surface area contributed by atoms with Crippen molar-refractivity contribution in [3.63, 3.8) is 0 Å². The van der Waals surface area contributed by atoms with Gasteiger partial charge in [-0.3, -0.25) is 14.9 Å². The lowest BCUT2D eigenvalue weighted by molar-refractivity contribution is -0.125. The van der Waals surface area contributed by atoms with Crippen LogP contribution in [0.15, 0.2) is 59.6 Å². The van der Waals surface area contributed by atoms with Crippen LogP contribution >= 0.6 is 0 Å². The maximum Gasteiger partial charge on any atom is 0.249 e. The summed E-state index contributed by atoms with van der Waals surface area (Å²) in [5, 5.41) is 5.66. The molecule has 2 amide bonds. The summed E-state index contributed by atoms with van der Waals surface area (Å²) in [6.07, 6.45) is 0.0496. The molecule has 1 fully saturated rings. The second-order valence-corrected chi connectivity index (χ2v) is 7.25. The van der Waals surface area contributed by atoms with Crippen molar-refractivity contribution in [2.45, 2.75) is 12.5 Å². The molecule has 2 N–H and O–H groups in total. The number of guanidine groups is 1. The molecule has 0 bridgehead atoms. The average molecular weight is 407 g/mol. The van der Waals surface area contributed by atoms with Gasteiger partial charge < -0.3 is 19.9 Å². The Kier molecular flexibility index (Phi) is 5.83. The van der Waals surface area contributed by atoms with Gasteiger partial charge in [0.1, 0.15) is 11.8 Å². The minimum Gasteiger partial charge on any atom is -0.497 e. The Morgan fingerprint density at radius 2 is 1.70 bits per heavy atom. The minimum absolute atomic E-state index is 0.0496. The zero-order valence-corrected chi connectivity index (χ0v) is 16.9. The number of carbonyl (C=O) groups excluding carboxylic acids is 2. The summed E-state index contributed by atoms with van der Waals surface area (Å²) in [6, 6.07) is 16.4. The third-order valence-electron chi connectivity index (χ3n) is 5.27. The summed E-state index contributed by atoms with van der Waals surface area (Å²) in [7, 11) is 1.65. The van der Waals surface area contributed by atoms with Crippen LogP contribution in [0.2, 0.25) is 0 Å². The molecule has 1 saturated heterocycles.